The molecule has 154 valence electrons. The first-order chi connectivity index (χ1) is 13.9. The second-order valence-corrected chi connectivity index (χ2v) is 7.03. The molecule has 1 aromatic heterocycles. The van der Waals surface area contributed by atoms with Crippen molar-refractivity contribution in [3.63, 3.8) is 0 Å². The van der Waals surface area contributed by atoms with Crippen molar-refractivity contribution in [2.45, 2.75) is 31.7 Å². The van der Waals surface area contributed by atoms with Crippen molar-refractivity contribution in [1.82, 2.24) is 9.78 Å². The number of benzene rings is 1. The highest BCUT2D eigenvalue weighted by Gasteiger charge is 2.31. The minimum atomic E-state index is -0.616. The molecular formula is C20H24FN5O3. The van der Waals surface area contributed by atoms with E-state index in [-0.39, 0.29) is 29.3 Å². The summed E-state index contributed by atoms with van der Waals surface area (Å²) >= 11 is 0. The Hall–Kier alpha value is -3.23. The van der Waals surface area contributed by atoms with E-state index >= 15 is 0 Å². The van der Waals surface area contributed by atoms with Crippen molar-refractivity contribution >= 4 is 29.1 Å². The van der Waals surface area contributed by atoms with Crippen molar-refractivity contribution in [3.05, 3.63) is 41.8 Å². The van der Waals surface area contributed by atoms with Crippen LogP contribution in [0.2, 0.25) is 0 Å². The lowest BCUT2D eigenvalue weighted by Gasteiger charge is -2.29. The molecule has 2 atom stereocenters. The number of methoxy groups -OCH3 is 1. The summed E-state index contributed by atoms with van der Waals surface area (Å²) in [6, 6.07) is 5.60. The summed E-state index contributed by atoms with van der Waals surface area (Å²) in [7, 11) is 3.09. The number of nitrogens with zero attached hydrogens (tertiary/aromatic N) is 3. The maximum absolute atomic E-state index is 13.1. The molecule has 0 radical (unpaired) electrons. The number of nitrogens with two attached hydrogens (primary N) is 1. The smallest absolute Gasteiger partial charge is 0.305 e. The van der Waals surface area contributed by atoms with E-state index in [1.165, 1.54) is 19.2 Å². The number of nitrogens with one attached hydrogen (secondary N) is 1. The Balaban J connectivity index is 1.82. The normalized spacial score (nSPS) is 20.4. The van der Waals surface area contributed by atoms with Crippen LogP contribution in [0.25, 0.3) is 0 Å². The van der Waals surface area contributed by atoms with Gasteiger partial charge in [-0.2, -0.15) is 5.10 Å². The lowest BCUT2D eigenvalue weighted by Crippen LogP contribution is -2.29. The third kappa shape index (κ3) is 4.79. The highest BCUT2D eigenvalue weighted by molar-refractivity contribution is 5.98. The number of aliphatic imine (C=N–C) groups is 1. The van der Waals surface area contributed by atoms with Gasteiger partial charge in [0.25, 0.3) is 5.91 Å². The second-order valence-electron chi connectivity index (χ2n) is 7.03. The molecule has 9 heteroatoms. The molecule has 0 saturated heterocycles. The summed E-state index contributed by atoms with van der Waals surface area (Å²) in [5.41, 5.74) is 7.25. The van der Waals surface area contributed by atoms with E-state index in [0.717, 1.165) is 18.6 Å². The van der Waals surface area contributed by atoms with Crippen LogP contribution in [0.3, 0.4) is 0 Å². The predicted molar refractivity (Wildman–Crippen MR) is 107 cm³/mol. The molecule has 3 rings (SSSR count). The van der Waals surface area contributed by atoms with Crippen LogP contribution < -0.4 is 11.1 Å². The first-order valence-electron chi connectivity index (χ1n) is 9.35. The first-order valence-corrected chi connectivity index (χ1v) is 9.35. The van der Waals surface area contributed by atoms with Crippen LogP contribution >= 0.6 is 0 Å². The zero-order valence-electron chi connectivity index (χ0n) is 16.4. The molecule has 1 saturated carbocycles. The summed E-state index contributed by atoms with van der Waals surface area (Å²) in [6.07, 6.45) is 4.15. The molecule has 0 aliphatic heterocycles. The quantitative estimate of drug-likeness (QED) is 0.723. The van der Waals surface area contributed by atoms with E-state index in [2.05, 4.69) is 15.4 Å². The van der Waals surface area contributed by atoms with E-state index < -0.39 is 5.91 Å². The monoisotopic (exact) mass is 401 g/mol. The van der Waals surface area contributed by atoms with Crippen LogP contribution in [-0.4, -0.2) is 41.5 Å². The Morgan fingerprint density at radius 3 is 2.69 bits per heavy atom. The highest BCUT2D eigenvalue weighted by Crippen LogP contribution is 2.33. The number of halogens is 1. The third-order valence-corrected chi connectivity index (χ3v) is 5.12. The average molecular weight is 401 g/mol. The van der Waals surface area contributed by atoms with Crippen molar-refractivity contribution < 1.29 is 18.7 Å². The van der Waals surface area contributed by atoms with Crippen LogP contribution in [0.4, 0.5) is 15.9 Å². The molecule has 1 aliphatic carbocycles. The van der Waals surface area contributed by atoms with Gasteiger partial charge in [0, 0.05) is 31.1 Å². The largest absolute Gasteiger partial charge is 0.469 e. The second kappa shape index (κ2) is 8.85. The Morgan fingerprint density at radius 2 is 2.07 bits per heavy atom. The van der Waals surface area contributed by atoms with Gasteiger partial charge in [-0.05, 0) is 49.4 Å². The zero-order chi connectivity index (χ0) is 21.0. The number of hydrogen-bond acceptors (Lipinski definition) is 6. The first kappa shape index (κ1) is 20.5. The summed E-state index contributed by atoms with van der Waals surface area (Å²) in [5, 5.41) is 7.53. The number of anilines is 2. The fourth-order valence-corrected chi connectivity index (χ4v) is 3.61. The minimum absolute atomic E-state index is 0.129. The molecule has 1 aliphatic rings. The number of amides is 1. The summed E-state index contributed by atoms with van der Waals surface area (Å²) in [5.74, 6) is -0.736. The molecule has 2 aromatic rings. The van der Waals surface area contributed by atoms with E-state index in [1.807, 2.05) is 0 Å². The topological polar surface area (TPSA) is 112 Å². The molecular weight excluding hydrogens is 377 g/mol. The van der Waals surface area contributed by atoms with Gasteiger partial charge in [0.1, 0.15) is 11.4 Å². The summed E-state index contributed by atoms with van der Waals surface area (Å²) in [6.45, 7) is 0. The van der Waals surface area contributed by atoms with Gasteiger partial charge in [-0.1, -0.05) is 0 Å². The molecule has 0 spiro atoms. The fourth-order valence-electron chi connectivity index (χ4n) is 3.61. The maximum Gasteiger partial charge on any atom is 0.305 e. The SMILES string of the molecule is CN=C1CC(CC(=O)OC)CC[C@@H]1n1cc(C(N)=O)c(Nc2ccc(F)cc2)n1. The Morgan fingerprint density at radius 1 is 1.34 bits per heavy atom. The number of aromatic nitrogens is 2. The van der Waals surface area contributed by atoms with Crippen LogP contribution in [0.15, 0.2) is 35.5 Å². The molecule has 1 unspecified atom stereocenters. The number of carbonyl (C=O) groups is 2. The van der Waals surface area contributed by atoms with Gasteiger partial charge >= 0.3 is 5.97 Å². The van der Waals surface area contributed by atoms with E-state index in [0.29, 0.717) is 24.3 Å². The van der Waals surface area contributed by atoms with Gasteiger partial charge < -0.3 is 15.8 Å². The van der Waals surface area contributed by atoms with Crippen molar-refractivity contribution in [1.29, 1.82) is 0 Å². The number of esters is 1. The van der Waals surface area contributed by atoms with Gasteiger partial charge in [0.05, 0.1) is 13.2 Å². The number of carbonyl (C=O) groups excluding carboxylic acids is 2. The number of ether oxygens (including phenoxy) is 1. The molecule has 1 heterocycles. The summed E-state index contributed by atoms with van der Waals surface area (Å²) < 4.78 is 19.6. The zero-order valence-corrected chi connectivity index (χ0v) is 16.4. The third-order valence-electron chi connectivity index (χ3n) is 5.12. The molecule has 3 N–H and O–H groups in total. The molecule has 29 heavy (non-hydrogen) atoms. The number of hydrogen-bond donors (Lipinski definition) is 2. The van der Waals surface area contributed by atoms with E-state index in [4.69, 9.17) is 10.5 Å². The molecule has 1 aromatic carbocycles. The van der Waals surface area contributed by atoms with Crippen molar-refractivity contribution in [3.8, 4) is 0 Å². The lowest BCUT2D eigenvalue weighted by atomic mass is 9.82. The Bertz CT molecular complexity index is 923. The lowest BCUT2D eigenvalue weighted by molar-refractivity contribution is -0.141. The fraction of sp³-hybridized carbons (Fsp3) is 0.400. The number of primary amides is 1. The van der Waals surface area contributed by atoms with Crippen LogP contribution in [-0.2, 0) is 9.53 Å². The van der Waals surface area contributed by atoms with Gasteiger partial charge in [0.15, 0.2) is 5.82 Å². The van der Waals surface area contributed by atoms with Gasteiger partial charge in [-0.3, -0.25) is 19.3 Å². The van der Waals surface area contributed by atoms with Gasteiger partial charge in [0.2, 0.25) is 0 Å². The maximum atomic E-state index is 13.1. The Labute approximate surface area is 167 Å². The van der Waals surface area contributed by atoms with E-state index in [1.54, 1.807) is 30.1 Å². The standard InChI is InChI=1S/C20H24FN5O3/c1-23-16-9-12(10-18(27)29-2)3-8-17(16)26-11-15(19(22)28)20(25-26)24-14-6-4-13(21)5-7-14/h4-7,11-12,17H,3,8-10H2,1-2H3,(H2,22,28)(H,24,25)/t12?,17-/m0/s1. The highest BCUT2D eigenvalue weighted by atomic mass is 19.1. The molecule has 0 bridgehead atoms. The number of rotatable bonds is 6. The molecule has 8 nitrogen and oxygen atoms in total. The van der Waals surface area contributed by atoms with Crippen LogP contribution in [0.1, 0.15) is 42.1 Å². The predicted octanol–water partition coefficient (Wildman–Crippen LogP) is 2.84. The Kier molecular flexibility index (Phi) is 6.26. The van der Waals surface area contributed by atoms with Crippen LogP contribution in [0, 0.1) is 11.7 Å². The van der Waals surface area contributed by atoms with Crippen molar-refractivity contribution in [2.24, 2.45) is 16.6 Å². The molecule has 1 fully saturated rings. The average Bonchev–Trinajstić information content (AvgIpc) is 3.13. The van der Waals surface area contributed by atoms with Gasteiger partial charge in [-0.15, -0.1) is 0 Å². The van der Waals surface area contributed by atoms with Crippen LogP contribution in [0.5, 0.6) is 0 Å². The molecule has 1 amide bonds. The minimum Gasteiger partial charge on any atom is -0.469 e. The van der Waals surface area contributed by atoms with E-state index in [9.17, 15) is 14.0 Å². The van der Waals surface area contributed by atoms with Gasteiger partial charge in [-0.25, -0.2) is 4.39 Å². The summed E-state index contributed by atoms with van der Waals surface area (Å²) in [4.78, 5) is 27.9. The van der Waals surface area contributed by atoms with Crippen molar-refractivity contribution in [2.75, 3.05) is 19.5 Å².